The second kappa shape index (κ2) is 5.84. The summed E-state index contributed by atoms with van der Waals surface area (Å²) in [5.74, 6) is 0.478. The van der Waals surface area contributed by atoms with Gasteiger partial charge in [0.15, 0.2) is 0 Å². The predicted molar refractivity (Wildman–Crippen MR) is 66.4 cm³/mol. The monoisotopic (exact) mass is 235 g/mol. The first kappa shape index (κ1) is 12.1. The molecule has 0 saturated heterocycles. The van der Waals surface area contributed by atoms with Crippen LogP contribution in [-0.4, -0.2) is 21.5 Å². The van der Waals surface area contributed by atoms with Gasteiger partial charge in [-0.15, -0.1) is 0 Å². The summed E-state index contributed by atoms with van der Waals surface area (Å²) in [5, 5.41) is 3.10. The van der Waals surface area contributed by atoms with E-state index in [1.54, 1.807) is 12.5 Å². The van der Waals surface area contributed by atoms with E-state index in [2.05, 4.69) is 10.3 Å². The van der Waals surface area contributed by atoms with Gasteiger partial charge in [0.25, 0.3) is 0 Å². The molecule has 4 heteroatoms. The standard InChI is InChI=1S/C13H21N3O/c1-11(9-16-8-7-14-10-16)15-13(17)12-5-3-2-4-6-12/h7-8,10-12H,2-6,9H2,1H3,(H,15,17). The lowest BCUT2D eigenvalue weighted by Gasteiger charge is -2.23. The Labute approximate surface area is 102 Å². The quantitative estimate of drug-likeness (QED) is 0.867. The zero-order valence-electron chi connectivity index (χ0n) is 10.4. The third-order valence-corrected chi connectivity index (χ3v) is 3.41. The van der Waals surface area contributed by atoms with Crippen molar-refractivity contribution in [3.63, 3.8) is 0 Å². The number of hydrogen-bond acceptors (Lipinski definition) is 2. The maximum absolute atomic E-state index is 12.0. The van der Waals surface area contributed by atoms with Crippen LogP contribution < -0.4 is 5.32 Å². The predicted octanol–water partition coefficient (Wildman–Crippen LogP) is 1.97. The molecule has 1 amide bonds. The van der Waals surface area contributed by atoms with Crippen LogP contribution in [0.25, 0.3) is 0 Å². The van der Waals surface area contributed by atoms with Crippen molar-refractivity contribution in [1.82, 2.24) is 14.9 Å². The maximum Gasteiger partial charge on any atom is 0.223 e. The molecular weight excluding hydrogens is 214 g/mol. The molecule has 0 radical (unpaired) electrons. The fourth-order valence-corrected chi connectivity index (χ4v) is 2.48. The Morgan fingerprint density at radius 2 is 2.24 bits per heavy atom. The summed E-state index contributed by atoms with van der Waals surface area (Å²) in [4.78, 5) is 16.0. The normalized spacial score (nSPS) is 18.9. The molecule has 1 N–H and O–H groups in total. The summed E-state index contributed by atoms with van der Waals surface area (Å²) >= 11 is 0. The number of carbonyl (C=O) groups excluding carboxylic acids is 1. The Kier molecular flexibility index (Phi) is 4.18. The summed E-state index contributed by atoms with van der Waals surface area (Å²) in [6, 6.07) is 0.165. The number of nitrogens with zero attached hydrogens (tertiary/aromatic N) is 2. The number of hydrogen-bond donors (Lipinski definition) is 1. The number of nitrogens with one attached hydrogen (secondary N) is 1. The molecular formula is C13H21N3O. The van der Waals surface area contributed by atoms with E-state index in [9.17, 15) is 4.79 Å². The van der Waals surface area contributed by atoms with Crippen molar-refractivity contribution in [3.8, 4) is 0 Å². The van der Waals surface area contributed by atoms with Crippen LogP contribution >= 0.6 is 0 Å². The summed E-state index contributed by atoms with van der Waals surface area (Å²) in [7, 11) is 0. The molecule has 2 rings (SSSR count). The van der Waals surface area contributed by atoms with Gasteiger partial charge >= 0.3 is 0 Å². The third kappa shape index (κ3) is 3.58. The molecule has 1 saturated carbocycles. The van der Waals surface area contributed by atoms with Crippen molar-refractivity contribution in [3.05, 3.63) is 18.7 Å². The van der Waals surface area contributed by atoms with Crippen LogP contribution in [0.3, 0.4) is 0 Å². The number of aromatic nitrogens is 2. The highest BCUT2D eigenvalue weighted by Gasteiger charge is 2.21. The van der Waals surface area contributed by atoms with Crippen molar-refractivity contribution >= 4 is 5.91 Å². The van der Waals surface area contributed by atoms with Crippen LogP contribution in [0.2, 0.25) is 0 Å². The van der Waals surface area contributed by atoms with Crippen molar-refractivity contribution in [2.45, 2.75) is 51.6 Å². The average molecular weight is 235 g/mol. The van der Waals surface area contributed by atoms with Gasteiger partial charge in [-0.2, -0.15) is 0 Å². The van der Waals surface area contributed by atoms with E-state index in [4.69, 9.17) is 0 Å². The van der Waals surface area contributed by atoms with E-state index in [-0.39, 0.29) is 17.9 Å². The minimum absolute atomic E-state index is 0.165. The zero-order chi connectivity index (χ0) is 12.1. The summed E-state index contributed by atoms with van der Waals surface area (Å²) in [6.07, 6.45) is 11.3. The molecule has 1 atom stereocenters. The lowest BCUT2D eigenvalue weighted by atomic mass is 9.88. The molecule has 17 heavy (non-hydrogen) atoms. The first-order valence-corrected chi connectivity index (χ1v) is 6.52. The molecule has 1 aromatic rings. The molecule has 0 aromatic carbocycles. The van der Waals surface area contributed by atoms with Gasteiger partial charge in [0, 0.05) is 30.9 Å². The van der Waals surface area contributed by atoms with Crippen LogP contribution in [0.4, 0.5) is 0 Å². The summed E-state index contributed by atoms with van der Waals surface area (Å²) in [5.41, 5.74) is 0. The maximum atomic E-state index is 12.0. The minimum atomic E-state index is 0.165. The fourth-order valence-electron chi connectivity index (χ4n) is 2.48. The van der Waals surface area contributed by atoms with E-state index in [0.29, 0.717) is 0 Å². The molecule has 1 fully saturated rings. The highest BCUT2D eigenvalue weighted by atomic mass is 16.1. The van der Waals surface area contributed by atoms with Gasteiger partial charge in [-0.25, -0.2) is 4.98 Å². The highest BCUT2D eigenvalue weighted by Crippen LogP contribution is 2.23. The van der Waals surface area contributed by atoms with Gasteiger partial charge in [-0.05, 0) is 19.8 Å². The summed E-state index contributed by atoms with van der Waals surface area (Å²) in [6.45, 7) is 2.83. The van der Waals surface area contributed by atoms with Crippen molar-refractivity contribution in [1.29, 1.82) is 0 Å². The number of imidazole rings is 1. The van der Waals surface area contributed by atoms with E-state index in [1.165, 1.54) is 19.3 Å². The van der Waals surface area contributed by atoms with Gasteiger partial charge in [0.05, 0.1) is 6.33 Å². The number of carbonyl (C=O) groups is 1. The van der Waals surface area contributed by atoms with Crippen molar-refractivity contribution in [2.24, 2.45) is 5.92 Å². The molecule has 1 heterocycles. The number of rotatable bonds is 4. The smallest absolute Gasteiger partial charge is 0.223 e. The Balaban J connectivity index is 1.77. The Bertz CT molecular complexity index is 342. The molecule has 1 unspecified atom stereocenters. The molecule has 0 spiro atoms. The van der Waals surface area contributed by atoms with Crippen LogP contribution in [0, 0.1) is 5.92 Å². The second-order valence-corrected chi connectivity index (χ2v) is 5.00. The molecule has 1 aliphatic rings. The molecule has 0 bridgehead atoms. The van der Waals surface area contributed by atoms with E-state index in [0.717, 1.165) is 19.4 Å². The molecule has 0 aliphatic heterocycles. The third-order valence-electron chi connectivity index (χ3n) is 3.41. The van der Waals surface area contributed by atoms with Crippen LogP contribution in [0.15, 0.2) is 18.7 Å². The molecule has 1 aromatic heterocycles. The zero-order valence-corrected chi connectivity index (χ0v) is 10.4. The first-order valence-electron chi connectivity index (χ1n) is 6.52. The highest BCUT2D eigenvalue weighted by molar-refractivity contribution is 5.78. The van der Waals surface area contributed by atoms with Crippen LogP contribution in [0.1, 0.15) is 39.0 Å². The van der Waals surface area contributed by atoms with E-state index < -0.39 is 0 Å². The van der Waals surface area contributed by atoms with E-state index >= 15 is 0 Å². The SMILES string of the molecule is CC(Cn1ccnc1)NC(=O)C1CCCCC1. The fraction of sp³-hybridized carbons (Fsp3) is 0.692. The summed E-state index contributed by atoms with van der Waals surface area (Å²) < 4.78 is 1.99. The van der Waals surface area contributed by atoms with Gasteiger partial charge in [-0.3, -0.25) is 4.79 Å². The van der Waals surface area contributed by atoms with Crippen LogP contribution in [0.5, 0.6) is 0 Å². The van der Waals surface area contributed by atoms with Crippen molar-refractivity contribution < 1.29 is 4.79 Å². The lowest BCUT2D eigenvalue weighted by Crippen LogP contribution is -2.39. The largest absolute Gasteiger partial charge is 0.352 e. The molecule has 4 nitrogen and oxygen atoms in total. The topological polar surface area (TPSA) is 46.9 Å². The second-order valence-electron chi connectivity index (χ2n) is 5.00. The van der Waals surface area contributed by atoms with Gasteiger partial charge < -0.3 is 9.88 Å². The van der Waals surface area contributed by atoms with Gasteiger partial charge in [0.1, 0.15) is 0 Å². The Hall–Kier alpha value is -1.32. The van der Waals surface area contributed by atoms with E-state index in [1.807, 2.05) is 17.7 Å². The Morgan fingerprint density at radius 1 is 1.47 bits per heavy atom. The van der Waals surface area contributed by atoms with Gasteiger partial charge in [-0.1, -0.05) is 19.3 Å². The average Bonchev–Trinajstić information content (AvgIpc) is 2.82. The molecule has 1 aliphatic carbocycles. The van der Waals surface area contributed by atoms with Crippen LogP contribution in [-0.2, 0) is 11.3 Å². The molecule has 94 valence electrons. The first-order chi connectivity index (χ1) is 8.25. The van der Waals surface area contributed by atoms with Gasteiger partial charge in [0.2, 0.25) is 5.91 Å². The lowest BCUT2D eigenvalue weighted by molar-refractivity contribution is -0.126. The van der Waals surface area contributed by atoms with Crippen molar-refractivity contribution in [2.75, 3.05) is 0 Å². The minimum Gasteiger partial charge on any atom is -0.352 e. The number of amides is 1. The Morgan fingerprint density at radius 3 is 2.88 bits per heavy atom.